The molecule has 0 aromatic carbocycles. The maximum absolute atomic E-state index is 12.4. The Hall–Kier alpha value is -2.00. The summed E-state index contributed by atoms with van der Waals surface area (Å²) in [6.45, 7) is 9.24. The van der Waals surface area contributed by atoms with Gasteiger partial charge in [-0.2, -0.15) is 5.10 Å². The zero-order valence-electron chi connectivity index (χ0n) is 15.9. The quantitative estimate of drug-likeness (QED) is 0.502. The maximum atomic E-state index is 12.4. The number of nitrogens with one attached hydrogen (secondary N) is 1. The first-order valence-electron chi connectivity index (χ1n) is 8.48. The number of aromatic nitrogens is 2. The largest absolute Gasteiger partial charge is 0.462 e. The molecule has 27 heavy (non-hydrogen) atoms. The Bertz CT molecular complexity index is 901. The van der Waals surface area contributed by atoms with E-state index in [1.807, 2.05) is 13.8 Å². The molecule has 2 aromatic heterocycles. The van der Waals surface area contributed by atoms with Crippen LogP contribution < -0.4 is 5.32 Å². The van der Waals surface area contributed by atoms with Gasteiger partial charge in [0.05, 0.1) is 33.8 Å². The Morgan fingerprint density at radius 2 is 1.93 bits per heavy atom. The lowest BCUT2D eigenvalue weighted by atomic mass is 10.1. The summed E-state index contributed by atoms with van der Waals surface area (Å²) in [4.78, 5) is 36.9. The van der Waals surface area contributed by atoms with Crippen LogP contribution in [-0.4, -0.2) is 34.0 Å². The van der Waals surface area contributed by atoms with E-state index in [0.29, 0.717) is 22.0 Å². The minimum atomic E-state index is -0.545. The Balaban J connectivity index is 2.18. The van der Waals surface area contributed by atoms with Crippen LogP contribution in [0.5, 0.6) is 0 Å². The molecule has 0 aliphatic heterocycles. The number of ketones is 1. The molecule has 0 bridgehead atoms. The van der Waals surface area contributed by atoms with Gasteiger partial charge in [0.2, 0.25) is 5.91 Å². The van der Waals surface area contributed by atoms with Crippen molar-refractivity contribution in [2.45, 2.75) is 47.6 Å². The zero-order chi connectivity index (χ0) is 20.3. The summed E-state index contributed by atoms with van der Waals surface area (Å²) >= 11 is 4.56. The average molecular weight is 456 g/mol. The number of aryl methyl sites for hydroxylation is 2. The first-order valence-corrected chi connectivity index (χ1v) is 10.1. The molecule has 2 heterocycles. The van der Waals surface area contributed by atoms with Crippen LogP contribution in [0.3, 0.4) is 0 Å². The second kappa shape index (κ2) is 8.79. The SMILES string of the molecule is CCOC(=O)c1c(NC(=O)CCn2nc(C)c(Br)c2C)sc(C(C)=O)c1C. The highest BCUT2D eigenvalue weighted by molar-refractivity contribution is 9.10. The van der Waals surface area contributed by atoms with Gasteiger partial charge in [-0.1, -0.05) is 0 Å². The van der Waals surface area contributed by atoms with Crippen LogP contribution in [0.1, 0.15) is 57.2 Å². The third-order valence-corrected chi connectivity index (χ3v) is 6.50. The van der Waals surface area contributed by atoms with Crippen molar-refractivity contribution in [2.24, 2.45) is 0 Å². The van der Waals surface area contributed by atoms with E-state index in [-0.39, 0.29) is 30.3 Å². The van der Waals surface area contributed by atoms with Crippen LogP contribution in [-0.2, 0) is 16.1 Å². The molecule has 1 amide bonds. The van der Waals surface area contributed by atoms with Crippen molar-refractivity contribution in [3.8, 4) is 0 Å². The first-order chi connectivity index (χ1) is 12.7. The van der Waals surface area contributed by atoms with Gasteiger partial charge in [-0.3, -0.25) is 14.3 Å². The number of anilines is 1. The molecule has 0 fully saturated rings. The lowest BCUT2D eigenvalue weighted by molar-refractivity contribution is -0.116. The van der Waals surface area contributed by atoms with Gasteiger partial charge in [0.1, 0.15) is 5.00 Å². The second-order valence-electron chi connectivity index (χ2n) is 6.04. The van der Waals surface area contributed by atoms with E-state index in [1.165, 1.54) is 6.92 Å². The smallest absolute Gasteiger partial charge is 0.341 e. The number of ether oxygens (including phenoxy) is 1. The van der Waals surface area contributed by atoms with Crippen LogP contribution in [0, 0.1) is 20.8 Å². The van der Waals surface area contributed by atoms with E-state index in [9.17, 15) is 14.4 Å². The topological polar surface area (TPSA) is 90.3 Å². The molecule has 0 spiro atoms. The van der Waals surface area contributed by atoms with Gasteiger partial charge in [-0.05, 0) is 56.1 Å². The van der Waals surface area contributed by atoms with Gasteiger partial charge in [0, 0.05) is 12.1 Å². The highest BCUT2D eigenvalue weighted by Gasteiger charge is 2.25. The maximum Gasteiger partial charge on any atom is 0.341 e. The van der Waals surface area contributed by atoms with Gasteiger partial charge in [-0.25, -0.2) is 4.79 Å². The molecule has 2 aromatic rings. The lowest BCUT2D eigenvalue weighted by Crippen LogP contribution is -2.17. The summed E-state index contributed by atoms with van der Waals surface area (Å²) in [5.74, 6) is -0.965. The minimum Gasteiger partial charge on any atom is -0.462 e. The fourth-order valence-electron chi connectivity index (χ4n) is 2.68. The number of esters is 1. The third-order valence-electron chi connectivity index (χ3n) is 4.04. The van der Waals surface area contributed by atoms with Crippen molar-refractivity contribution in [2.75, 3.05) is 11.9 Å². The molecule has 0 saturated heterocycles. The molecule has 9 heteroatoms. The Morgan fingerprint density at radius 1 is 1.26 bits per heavy atom. The highest BCUT2D eigenvalue weighted by atomic mass is 79.9. The van der Waals surface area contributed by atoms with Crippen molar-refractivity contribution in [3.05, 3.63) is 31.9 Å². The van der Waals surface area contributed by atoms with Gasteiger partial charge >= 0.3 is 5.97 Å². The first kappa shape index (κ1) is 21.3. The van der Waals surface area contributed by atoms with Crippen molar-refractivity contribution in [3.63, 3.8) is 0 Å². The molecule has 0 saturated carbocycles. The molecule has 0 radical (unpaired) electrons. The summed E-state index contributed by atoms with van der Waals surface area (Å²) < 4.78 is 7.75. The number of hydrogen-bond donors (Lipinski definition) is 1. The summed E-state index contributed by atoms with van der Waals surface area (Å²) in [5, 5.41) is 7.47. The van der Waals surface area contributed by atoms with Crippen LogP contribution in [0.2, 0.25) is 0 Å². The van der Waals surface area contributed by atoms with Crippen molar-refractivity contribution in [1.29, 1.82) is 0 Å². The molecule has 2 rings (SSSR count). The van der Waals surface area contributed by atoms with Gasteiger partial charge in [0.25, 0.3) is 0 Å². The average Bonchev–Trinajstić information content (AvgIpc) is 3.04. The standard InChI is InChI=1S/C18H22BrN3O4S/c1-6-26-18(25)14-9(2)16(12(5)23)27-17(14)20-13(24)7-8-22-11(4)15(19)10(3)21-22/h6-8H2,1-5H3,(H,20,24). The van der Waals surface area contributed by atoms with Crippen molar-refractivity contribution in [1.82, 2.24) is 9.78 Å². The lowest BCUT2D eigenvalue weighted by Gasteiger charge is -2.08. The van der Waals surface area contributed by atoms with E-state index >= 15 is 0 Å². The van der Waals surface area contributed by atoms with Crippen LogP contribution in [0.15, 0.2) is 4.47 Å². The number of thiophene rings is 1. The zero-order valence-corrected chi connectivity index (χ0v) is 18.3. The third kappa shape index (κ3) is 4.65. The normalized spacial score (nSPS) is 10.7. The number of nitrogens with zero attached hydrogens (tertiary/aromatic N) is 2. The monoisotopic (exact) mass is 455 g/mol. The fraction of sp³-hybridized carbons (Fsp3) is 0.444. The van der Waals surface area contributed by atoms with E-state index in [1.54, 1.807) is 18.5 Å². The molecule has 0 unspecified atom stereocenters. The molecule has 146 valence electrons. The Kier molecular flexibility index (Phi) is 6.94. The van der Waals surface area contributed by atoms with Gasteiger partial charge in [-0.15, -0.1) is 11.3 Å². The summed E-state index contributed by atoms with van der Waals surface area (Å²) in [6, 6.07) is 0. The predicted octanol–water partition coefficient (Wildman–Crippen LogP) is 4.04. The molecular formula is C18H22BrN3O4S. The molecule has 1 N–H and O–H groups in total. The summed E-state index contributed by atoms with van der Waals surface area (Å²) in [6.07, 6.45) is 0.184. The van der Waals surface area contributed by atoms with E-state index in [0.717, 1.165) is 27.2 Å². The number of carbonyl (C=O) groups is 3. The number of amides is 1. The molecule has 7 nitrogen and oxygen atoms in total. The molecule has 0 atom stereocenters. The minimum absolute atomic E-state index is 0.156. The molecular weight excluding hydrogens is 434 g/mol. The van der Waals surface area contributed by atoms with E-state index in [2.05, 4.69) is 26.3 Å². The number of Topliss-reactive ketones (excluding diaryl/α,β-unsaturated/α-hetero) is 1. The summed E-state index contributed by atoms with van der Waals surface area (Å²) in [5.41, 5.74) is 2.58. The van der Waals surface area contributed by atoms with E-state index in [4.69, 9.17) is 4.74 Å². The molecule has 0 aliphatic rings. The van der Waals surface area contributed by atoms with Crippen molar-refractivity contribution >= 4 is 49.9 Å². The Labute approximate surface area is 170 Å². The number of carbonyl (C=O) groups excluding carboxylic acids is 3. The predicted molar refractivity (Wildman–Crippen MR) is 108 cm³/mol. The second-order valence-corrected chi connectivity index (χ2v) is 7.86. The number of hydrogen-bond acceptors (Lipinski definition) is 6. The van der Waals surface area contributed by atoms with Gasteiger partial charge < -0.3 is 10.1 Å². The molecule has 0 aliphatic carbocycles. The number of halogens is 1. The van der Waals surface area contributed by atoms with Crippen LogP contribution >= 0.6 is 27.3 Å². The Morgan fingerprint density at radius 3 is 2.44 bits per heavy atom. The van der Waals surface area contributed by atoms with Crippen molar-refractivity contribution < 1.29 is 19.1 Å². The van der Waals surface area contributed by atoms with Crippen LogP contribution in [0.25, 0.3) is 0 Å². The highest BCUT2D eigenvalue weighted by Crippen LogP contribution is 2.34. The fourth-order valence-corrected chi connectivity index (χ4v) is 4.07. The van der Waals surface area contributed by atoms with E-state index < -0.39 is 5.97 Å². The van der Waals surface area contributed by atoms with Gasteiger partial charge in [0.15, 0.2) is 5.78 Å². The number of rotatable bonds is 7. The summed E-state index contributed by atoms with van der Waals surface area (Å²) in [7, 11) is 0. The van der Waals surface area contributed by atoms with Crippen LogP contribution in [0.4, 0.5) is 5.00 Å².